The molecule has 3 rings (SSSR count). The highest BCUT2D eigenvalue weighted by molar-refractivity contribution is 5.35. The summed E-state index contributed by atoms with van der Waals surface area (Å²) in [4.78, 5) is 22.7. The summed E-state index contributed by atoms with van der Waals surface area (Å²) in [5.41, 5.74) is 0.828. The van der Waals surface area contributed by atoms with Crippen molar-refractivity contribution in [3.8, 4) is 11.5 Å². The Morgan fingerprint density at radius 3 is 2.39 bits per heavy atom. The van der Waals surface area contributed by atoms with E-state index in [0.29, 0.717) is 37.7 Å². The van der Waals surface area contributed by atoms with E-state index in [2.05, 4.69) is 0 Å². The van der Waals surface area contributed by atoms with E-state index >= 15 is 0 Å². The summed E-state index contributed by atoms with van der Waals surface area (Å²) in [6.45, 7) is 1.21. The Kier molecular flexibility index (Phi) is 6.41. The van der Waals surface area contributed by atoms with Crippen molar-refractivity contribution in [1.29, 1.82) is 0 Å². The molecule has 0 saturated carbocycles. The minimum Gasteiger partial charge on any atom is -0.494 e. The van der Waals surface area contributed by atoms with Crippen molar-refractivity contribution in [2.75, 3.05) is 6.61 Å². The second-order valence-corrected chi connectivity index (χ2v) is 6.10. The molecule has 7 nitrogen and oxygen atoms in total. The molecule has 0 unspecified atom stereocenters. The lowest BCUT2D eigenvalue weighted by Crippen LogP contribution is -2.22. The van der Waals surface area contributed by atoms with Crippen LogP contribution in [0.2, 0.25) is 0 Å². The van der Waals surface area contributed by atoms with Crippen LogP contribution < -0.4 is 15.0 Å². The molecule has 0 aliphatic heterocycles. The van der Waals surface area contributed by atoms with E-state index in [4.69, 9.17) is 9.47 Å². The molecule has 0 saturated heterocycles. The lowest BCUT2D eigenvalue weighted by atomic mass is 10.2. The molecular weight excluding hydrogens is 360 g/mol. The summed E-state index contributed by atoms with van der Waals surface area (Å²) in [5, 5.41) is 10.6. The fourth-order valence-corrected chi connectivity index (χ4v) is 2.63. The molecule has 0 N–H and O–H groups in total. The fraction of sp³-hybridized carbons (Fsp3) is 0.190. The normalized spacial score (nSPS) is 10.4. The van der Waals surface area contributed by atoms with Crippen molar-refractivity contribution in [3.63, 3.8) is 0 Å². The molecule has 144 valence electrons. The van der Waals surface area contributed by atoms with E-state index in [-0.39, 0.29) is 11.2 Å². The zero-order chi connectivity index (χ0) is 19.8. The molecule has 0 aliphatic rings. The van der Waals surface area contributed by atoms with Gasteiger partial charge in [-0.3, -0.25) is 14.9 Å². The van der Waals surface area contributed by atoms with Crippen molar-refractivity contribution >= 4 is 5.69 Å². The van der Waals surface area contributed by atoms with Crippen molar-refractivity contribution in [2.45, 2.75) is 19.6 Å². The number of hydrogen-bond acceptors (Lipinski definition) is 5. The molecule has 0 spiro atoms. The maximum Gasteiger partial charge on any atom is 0.292 e. The summed E-state index contributed by atoms with van der Waals surface area (Å²) >= 11 is 0. The van der Waals surface area contributed by atoms with Crippen LogP contribution in [-0.2, 0) is 13.2 Å². The van der Waals surface area contributed by atoms with E-state index < -0.39 is 4.92 Å². The standard InChI is InChI=1S/C21H20N2O5/c24-21-20(28-16-17-6-2-1-3-7-17)8-4-13-22(21)14-5-15-27-19-11-9-18(10-12-19)23(25)26/h1-4,6-13H,5,14-16H2. The summed E-state index contributed by atoms with van der Waals surface area (Å²) in [6, 6.07) is 19.0. The van der Waals surface area contributed by atoms with Gasteiger partial charge in [0.15, 0.2) is 5.75 Å². The van der Waals surface area contributed by atoms with Gasteiger partial charge >= 0.3 is 0 Å². The van der Waals surface area contributed by atoms with Gasteiger partial charge in [0, 0.05) is 24.9 Å². The predicted molar refractivity (Wildman–Crippen MR) is 105 cm³/mol. The third-order valence-electron chi connectivity index (χ3n) is 4.08. The summed E-state index contributed by atoms with van der Waals surface area (Å²) < 4.78 is 12.8. The van der Waals surface area contributed by atoms with E-state index in [1.807, 2.05) is 30.3 Å². The lowest BCUT2D eigenvalue weighted by molar-refractivity contribution is -0.384. The number of pyridine rings is 1. The highest BCUT2D eigenvalue weighted by Gasteiger charge is 2.06. The SMILES string of the molecule is O=c1c(OCc2ccccc2)cccn1CCCOc1ccc([N+](=O)[O-])cc1. The van der Waals surface area contributed by atoms with Gasteiger partial charge in [-0.1, -0.05) is 30.3 Å². The predicted octanol–water partition coefficient (Wildman–Crippen LogP) is 3.80. The van der Waals surface area contributed by atoms with Gasteiger partial charge in [0.2, 0.25) is 0 Å². The van der Waals surface area contributed by atoms with Crippen molar-refractivity contribution in [2.24, 2.45) is 0 Å². The van der Waals surface area contributed by atoms with Crippen LogP contribution in [0.15, 0.2) is 77.7 Å². The number of nitro benzene ring substituents is 1. The number of benzene rings is 2. The molecule has 0 radical (unpaired) electrons. The molecule has 1 aromatic heterocycles. The van der Waals surface area contributed by atoms with Crippen LogP contribution >= 0.6 is 0 Å². The number of hydrogen-bond donors (Lipinski definition) is 0. The first-order valence-electron chi connectivity index (χ1n) is 8.87. The number of nitrogens with zero attached hydrogens (tertiary/aromatic N) is 2. The number of non-ortho nitro benzene ring substituents is 1. The molecule has 0 bridgehead atoms. The number of ether oxygens (including phenoxy) is 2. The van der Waals surface area contributed by atoms with E-state index in [0.717, 1.165) is 5.56 Å². The average Bonchev–Trinajstić information content (AvgIpc) is 2.72. The van der Waals surface area contributed by atoms with Crippen molar-refractivity contribution < 1.29 is 14.4 Å². The fourth-order valence-electron chi connectivity index (χ4n) is 2.63. The van der Waals surface area contributed by atoms with Crippen LogP contribution in [0.5, 0.6) is 11.5 Å². The first-order chi connectivity index (χ1) is 13.6. The van der Waals surface area contributed by atoms with Gasteiger partial charge in [-0.2, -0.15) is 0 Å². The first kappa shape index (κ1) is 19.2. The van der Waals surface area contributed by atoms with Crippen LogP contribution in [0, 0.1) is 10.1 Å². The molecular formula is C21H20N2O5. The Morgan fingerprint density at radius 2 is 1.68 bits per heavy atom. The monoisotopic (exact) mass is 380 g/mol. The smallest absolute Gasteiger partial charge is 0.292 e. The average molecular weight is 380 g/mol. The van der Waals surface area contributed by atoms with Crippen LogP contribution in [-0.4, -0.2) is 16.1 Å². The maximum atomic E-state index is 12.5. The van der Waals surface area contributed by atoms with Gasteiger partial charge in [-0.25, -0.2) is 0 Å². The molecule has 1 heterocycles. The van der Waals surface area contributed by atoms with Gasteiger partial charge in [0.1, 0.15) is 12.4 Å². The van der Waals surface area contributed by atoms with Crippen LogP contribution in [0.1, 0.15) is 12.0 Å². The van der Waals surface area contributed by atoms with Crippen LogP contribution in [0.3, 0.4) is 0 Å². The number of aryl methyl sites for hydroxylation is 1. The lowest BCUT2D eigenvalue weighted by Gasteiger charge is -2.10. The van der Waals surface area contributed by atoms with Gasteiger partial charge in [-0.15, -0.1) is 0 Å². The number of nitro groups is 1. The zero-order valence-corrected chi connectivity index (χ0v) is 15.2. The van der Waals surface area contributed by atoms with Crippen molar-refractivity contribution in [3.05, 3.63) is 99.0 Å². The van der Waals surface area contributed by atoms with Crippen molar-refractivity contribution in [1.82, 2.24) is 4.57 Å². The van der Waals surface area contributed by atoms with Gasteiger partial charge in [0.05, 0.1) is 11.5 Å². The van der Waals surface area contributed by atoms with E-state index in [9.17, 15) is 14.9 Å². The van der Waals surface area contributed by atoms with E-state index in [1.54, 1.807) is 35.0 Å². The number of aromatic nitrogens is 1. The summed E-state index contributed by atoms with van der Waals surface area (Å²) in [6.07, 6.45) is 2.32. The second-order valence-electron chi connectivity index (χ2n) is 6.10. The molecule has 7 heteroatoms. The van der Waals surface area contributed by atoms with Gasteiger partial charge in [-0.05, 0) is 36.2 Å². The van der Waals surface area contributed by atoms with Crippen LogP contribution in [0.25, 0.3) is 0 Å². The minimum absolute atomic E-state index is 0.0196. The quantitative estimate of drug-likeness (QED) is 0.320. The Balaban J connectivity index is 1.50. The Labute approximate surface area is 161 Å². The second kappa shape index (κ2) is 9.36. The summed E-state index contributed by atoms with van der Waals surface area (Å²) in [5.74, 6) is 0.862. The minimum atomic E-state index is -0.455. The molecule has 0 aliphatic carbocycles. The Morgan fingerprint density at radius 1 is 0.929 bits per heavy atom. The Bertz CT molecular complexity index is 968. The highest BCUT2D eigenvalue weighted by atomic mass is 16.6. The number of rotatable bonds is 9. The molecule has 3 aromatic rings. The Hall–Kier alpha value is -3.61. The highest BCUT2D eigenvalue weighted by Crippen LogP contribution is 2.17. The third kappa shape index (κ3) is 5.20. The topological polar surface area (TPSA) is 83.6 Å². The van der Waals surface area contributed by atoms with Gasteiger partial charge in [0.25, 0.3) is 11.2 Å². The third-order valence-corrected chi connectivity index (χ3v) is 4.08. The van der Waals surface area contributed by atoms with Gasteiger partial charge < -0.3 is 14.0 Å². The molecule has 28 heavy (non-hydrogen) atoms. The summed E-state index contributed by atoms with van der Waals surface area (Å²) in [7, 11) is 0. The molecule has 0 amide bonds. The zero-order valence-electron chi connectivity index (χ0n) is 15.2. The molecule has 2 aromatic carbocycles. The maximum absolute atomic E-state index is 12.5. The van der Waals surface area contributed by atoms with Crippen LogP contribution in [0.4, 0.5) is 5.69 Å². The van der Waals surface area contributed by atoms with E-state index in [1.165, 1.54) is 12.1 Å². The largest absolute Gasteiger partial charge is 0.494 e. The first-order valence-corrected chi connectivity index (χ1v) is 8.87. The molecule has 0 fully saturated rings. The molecule has 0 atom stereocenters.